The molecule has 0 aliphatic carbocycles. The summed E-state index contributed by atoms with van der Waals surface area (Å²) in [6.07, 6.45) is 3.12. The SMILES string of the molecule is CCCCC(C)C(=O)c1cc2c(cc1Br)OCCO2. The first-order valence-electron chi connectivity index (χ1n) is 6.76. The molecule has 0 N–H and O–H groups in total. The lowest BCUT2D eigenvalue weighted by Crippen LogP contribution is -2.17. The Hall–Kier alpha value is -1.03. The van der Waals surface area contributed by atoms with Gasteiger partial charge in [-0.1, -0.05) is 26.7 Å². The third-order valence-corrected chi connectivity index (χ3v) is 3.99. The first-order valence-corrected chi connectivity index (χ1v) is 7.56. The number of benzene rings is 1. The van der Waals surface area contributed by atoms with E-state index >= 15 is 0 Å². The molecule has 0 aromatic heterocycles. The van der Waals surface area contributed by atoms with Crippen LogP contribution < -0.4 is 9.47 Å². The number of Topliss-reactive ketones (excluding diaryl/α,β-unsaturated/α-hetero) is 1. The lowest BCUT2D eigenvalue weighted by Gasteiger charge is -2.20. The van der Waals surface area contributed by atoms with E-state index in [2.05, 4.69) is 22.9 Å². The van der Waals surface area contributed by atoms with Crippen LogP contribution in [0.3, 0.4) is 0 Å². The Morgan fingerprint density at radius 2 is 1.95 bits per heavy atom. The Kier molecular flexibility index (Phi) is 4.86. The van der Waals surface area contributed by atoms with Crippen molar-refractivity contribution in [3.05, 3.63) is 22.2 Å². The maximum Gasteiger partial charge on any atom is 0.166 e. The molecule has 0 spiro atoms. The Morgan fingerprint density at radius 1 is 1.32 bits per heavy atom. The van der Waals surface area contributed by atoms with E-state index in [-0.39, 0.29) is 11.7 Å². The molecular weight excluding hydrogens is 308 g/mol. The minimum absolute atomic E-state index is 0.0406. The Bertz CT molecular complexity index is 471. The molecular formula is C15H19BrO3. The van der Waals surface area contributed by atoms with E-state index in [0.29, 0.717) is 30.3 Å². The van der Waals surface area contributed by atoms with E-state index in [0.717, 1.165) is 23.7 Å². The van der Waals surface area contributed by atoms with Crippen molar-refractivity contribution < 1.29 is 14.3 Å². The van der Waals surface area contributed by atoms with Crippen LogP contribution in [0.2, 0.25) is 0 Å². The summed E-state index contributed by atoms with van der Waals surface area (Å²) in [5.74, 6) is 1.58. The number of rotatable bonds is 5. The first kappa shape index (κ1) is 14.4. The molecule has 1 aliphatic rings. The molecule has 1 heterocycles. The van der Waals surface area contributed by atoms with Crippen LogP contribution in [0.15, 0.2) is 16.6 Å². The van der Waals surface area contributed by atoms with Crippen molar-refractivity contribution in [3.63, 3.8) is 0 Å². The average molecular weight is 327 g/mol. The van der Waals surface area contributed by atoms with Crippen LogP contribution in [0.4, 0.5) is 0 Å². The van der Waals surface area contributed by atoms with Gasteiger partial charge in [-0.15, -0.1) is 0 Å². The highest BCUT2D eigenvalue weighted by Gasteiger charge is 2.21. The fourth-order valence-electron chi connectivity index (χ4n) is 2.16. The summed E-state index contributed by atoms with van der Waals surface area (Å²) in [6.45, 7) is 5.21. The molecule has 1 atom stereocenters. The highest BCUT2D eigenvalue weighted by Crippen LogP contribution is 2.36. The van der Waals surface area contributed by atoms with Gasteiger partial charge in [-0.25, -0.2) is 0 Å². The highest BCUT2D eigenvalue weighted by molar-refractivity contribution is 9.10. The molecule has 104 valence electrons. The molecule has 4 heteroatoms. The van der Waals surface area contributed by atoms with Gasteiger partial charge in [-0.2, -0.15) is 0 Å². The van der Waals surface area contributed by atoms with Gasteiger partial charge in [0.2, 0.25) is 0 Å². The van der Waals surface area contributed by atoms with Gasteiger partial charge < -0.3 is 9.47 Å². The molecule has 1 aromatic carbocycles. The zero-order valence-corrected chi connectivity index (χ0v) is 13.0. The molecule has 0 fully saturated rings. The number of unbranched alkanes of at least 4 members (excludes halogenated alkanes) is 1. The summed E-state index contributed by atoms with van der Waals surface area (Å²) in [6, 6.07) is 3.62. The number of halogens is 1. The van der Waals surface area contributed by atoms with E-state index in [1.165, 1.54) is 0 Å². The van der Waals surface area contributed by atoms with Crippen LogP contribution in [0.5, 0.6) is 11.5 Å². The molecule has 0 saturated carbocycles. The Morgan fingerprint density at radius 3 is 2.58 bits per heavy atom. The largest absolute Gasteiger partial charge is 0.486 e. The van der Waals surface area contributed by atoms with E-state index in [4.69, 9.17) is 9.47 Å². The second-order valence-electron chi connectivity index (χ2n) is 4.88. The molecule has 0 radical (unpaired) electrons. The summed E-state index contributed by atoms with van der Waals surface area (Å²) in [4.78, 5) is 12.4. The van der Waals surface area contributed by atoms with Gasteiger partial charge in [0.05, 0.1) is 0 Å². The number of fused-ring (bicyclic) bond motifs is 1. The van der Waals surface area contributed by atoms with Crippen LogP contribution in [0.1, 0.15) is 43.5 Å². The molecule has 3 nitrogen and oxygen atoms in total. The fraction of sp³-hybridized carbons (Fsp3) is 0.533. The van der Waals surface area contributed by atoms with Crippen LogP contribution in [-0.4, -0.2) is 19.0 Å². The van der Waals surface area contributed by atoms with Gasteiger partial charge in [0.1, 0.15) is 13.2 Å². The molecule has 2 rings (SSSR count). The summed E-state index contributed by atoms with van der Waals surface area (Å²) in [5, 5.41) is 0. The number of hydrogen-bond acceptors (Lipinski definition) is 3. The fourth-order valence-corrected chi connectivity index (χ4v) is 2.68. The van der Waals surface area contributed by atoms with Crippen LogP contribution >= 0.6 is 15.9 Å². The Labute approximate surface area is 122 Å². The van der Waals surface area contributed by atoms with Gasteiger partial charge >= 0.3 is 0 Å². The van der Waals surface area contributed by atoms with Crippen LogP contribution in [0, 0.1) is 5.92 Å². The molecule has 0 bridgehead atoms. The van der Waals surface area contributed by atoms with Crippen molar-refractivity contribution in [2.24, 2.45) is 5.92 Å². The van der Waals surface area contributed by atoms with Crippen molar-refractivity contribution in [1.29, 1.82) is 0 Å². The third kappa shape index (κ3) is 3.30. The monoisotopic (exact) mass is 326 g/mol. The Balaban J connectivity index is 2.21. The standard InChI is InChI=1S/C15H19BrO3/c1-3-4-5-10(2)15(17)11-8-13-14(9-12(11)16)19-7-6-18-13/h8-10H,3-7H2,1-2H3. The van der Waals surface area contributed by atoms with Crippen molar-refractivity contribution in [1.82, 2.24) is 0 Å². The highest BCUT2D eigenvalue weighted by atomic mass is 79.9. The lowest BCUT2D eigenvalue weighted by atomic mass is 9.94. The van der Waals surface area contributed by atoms with Crippen molar-refractivity contribution in [2.45, 2.75) is 33.1 Å². The smallest absolute Gasteiger partial charge is 0.166 e. The van der Waals surface area contributed by atoms with E-state index in [9.17, 15) is 4.79 Å². The summed E-state index contributed by atoms with van der Waals surface area (Å²) in [5.41, 5.74) is 0.688. The minimum atomic E-state index is 0.0406. The number of carbonyl (C=O) groups is 1. The van der Waals surface area contributed by atoms with Crippen LogP contribution in [0.25, 0.3) is 0 Å². The predicted molar refractivity (Wildman–Crippen MR) is 78.2 cm³/mol. The van der Waals surface area contributed by atoms with Crippen molar-refractivity contribution in [3.8, 4) is 11.5 Å². The maximum atomic E-state index is 12.4. The molecule has 1 unspecified atom stereocenters. The average Bonchev–Trinajstić information content (AvgIpc) is 2.43. The lowest BCUT2D eigenvalue weighted by molar-refractivity contribution is 0.0920. The number of hydrogen-bond donors (Lipinski definition) is 0. The zero-order chi connectivity index (χ0) is 13.8. The van der Waals surface area contributed by atoms with Gasteiger partial charge in [0.25, 0.3) is 0 Å². The molecule has 0 amide bonds. The topological polar surface area (TPSA) is 35.5 Å². The van der Waals surface area contributed by atoms with E-state index in [1.54, 1.807) is 6.07 Å². The van der Waals surface area contributed by atoms with Gasteiger partial charge in [-0.05, 0) is 34.5 Å². The van der Waals surface area contributed by atoms with Gasteiger partial charge in [0.15, 0.2) is 17.3 Å². The summed E-state index contributed by atoms with van der Waals surface area (Å²) in [7, 11) is 0. The molecule has 1 aromatic rings. The van der Waals surface area contributed by atoms with E-state index < -0.39 is 0 Å². The van der Waals surface area contributed by atoms with E-state index in [1.807, 2.05) is 13.0 Å². The molecule has 19 heavy (non-hydrogen) atoms. The van der Waals surface area contributed by atoms with Gasteiger partial charge in [0, 0.05) is 16.0 Å². The third-order valence-electron chi connectivity index (χ3n) is 3.34. The van der Waals surface area contributed by atoms with Crippen molar-refractivity contribution in [2.75, 3.05) is 13.2 Å². The quantitative estimate of drug-likeness (QED) is 0.759. The zero-order valence-electron chi connectivity index (χ0n) is 11.4. The van der Waals surface area contributed by atoms with Crippen LogP contribution in [-0.2, 0) is 0 Å². The maximum absolute atomic E-state index is 12.4. The first-order chi connectivity index (χ1) is 9.13. The normalized spacial score (nSPS) is 15.1. The van der Waals surface area contributed by atoms with Gasteiger partial charge in [-0.3, -0.25) is 4.79 Å². The second kappa shape index (κ2) is 6.42. The summed E-state index contributed by atoms with van der Waals surface area (Å²) >= 11 is 3.46. The number of carbonyl (C=O) groups excluding carboxylic acids is 1. The summed E-state index contributed by atoms with van der Waals surface area (Å²) < 4.78 is 11.8. The predicted octanol–water partition coefficient (Wildman–Crippen LogP) is 4.23. The molecule has 0 saturated heterocycles. The number of ether oxygens (including phenoxy) is 2. The van der Waals surface area contributed by atoms with Crippen molar-refractivity contribution >= 4 is 21.7 Å². The second-order valence-corrected chi connectivity index (χ2v) is 5.74. The number of ketones is 1. The minimum Gasteiger partial charge on any atom is -0.486 e. The molecule has 1 aliphatic heterocycles.